The Hall–Kier alpha value is -1.86. The van der Waals surface area contributed by atoms with Gasteiger partial charge in [-0.25, -0.2) is 0 Å². The number of rotatable bonds is 66. The van der Waals surface area contributed by atoms with Crippen LogP contribution < -0.4 is 5.32 Å². The van der Waals surface area contributed by atoms with Crippen molar-refractivity contribution in [3.63, 3.8) is 0 Å². The summed E-state index contributed by atoms with van der Waals surface area (Å²) in [5.41, 5.74) is 0. The first-order valence-corrected chi connectivity index (χ1v) is 37.1. The number of ether oxygens (including phenoxy) is 3. The summed E-state index contributed by atoms with van der Waals surface area (Å²) in [5, 5.41) is 54.5. The summed E-state index contributed by atoms with van der Waals surface area (Å²) in [6.07, 6.45) is 70.4. The van der Waals surface area contributed by atoms with Crippen LogP contribution in [-0.4, -0.2) is 100 Å². The molecule has 0 radical (unpaired) electrons. The SMILES string of the molecule is CCCCCCCCCC/C=C/CC/C=C/C(O)C(COC1OC(CO)C(O)C(O)C1O)NC(=O)CCCCCCCCCCCCCCCCCCCCCCCCCCCCCCCCCCOC(=O)CCCCCCCCCCCCC. The Balaban J connectivity index is 1.95. The molecule has 1 saturated heterocycles. The number of aliphatic hydroxyl groups is 5. The van der Waals surface area contributed by atoms with Gasteiger partial charge in [0.05, 0.1) is 32.0 Å². The smallest absolute Gasteiger partial charge is 0.305 e. The van der Waals surface area contributed by atoms with E-state index in [1.54, 1.807) is 6.08 Å². The summed E-state index contributed by atoms with van der Waals surface area (Å²) in [6, 6.07) is -0.824. The van der Waals surface area contributed by atoms with Gasteiger partial charge in [-0.15, -0.1) is 0 Å². The fraction of sp³-hybridized carbons (Fsp3) is 0.919. The van der Waals surface area contributed by atoms with Crippen LogP contribution in [0.1, 0.15) is 373 Å². The van der Waals surface area contributed by atoms with E-state index in [2.05, 4.69) is 31.3 Å². The van der Waals surface area contributed by atoms with Crippen molar-refractivity contribution in [2.75, 3.05) is 19.8 Å². The maximum absolute atomic E-state index is 13.1. The Kier molecular flexibility index (Phi) is 60.8. The fourth-order valence-corrected chi connectivity index (χ4v) is 12.0. The van der Waals surface area contributed by atoms with Gasteiger partial charge in [-0.05, 0) is 44.9 Å². The highest BCUT2D eigenvalue weighted by molar-refractivity contribution is 5.76. The van der Waals surface area contributed by atoms with E-state index in [1.807, 2.05) is 6.08 Å². The molecule has 0 aromatic heterocycles. The lowest BCUT2D eigenvalue weighted by Gasteiger charge is -2.40. The number of carbonyl (C=O) groups is 2. The van der Waals surface area contributed by atoms with E-state index < -0.39 is 49.5 Å². The van der Waals surface area contributed by atoms with Crippen molar-refractivity contribution < 1.29 is 49.3 Å². The van der Waals surface area contributed by atoms with Crippen LogP contribution >= 0.6 is 0 Å². The Bertz CT molecular complexity index is 1460. The van der Waals surface area contributed by atoms with Crippen molar-refractivity contribution in [2.45, 2.75) is 416 Å². The van der Waals surface area contributed by atoms with Crippen LogP contribution in [0.15, 0.2) is 24.3 Å². The summed E-state index contributed by atoms with van der Waals surface area (Å²) in [6.45, 7) is 4.37. The van der Waals surface area contributed by atoms with Gasteiger partial charge in [0.2, 0.25) is 5.91 Å². The fourth-order valence-electron chi connectivity index (χ4n) is 12.0. The molecule has 11 nitrogen and oxygen atoms in total. The molecule has 0 saturated carbocycles. The highest BCUT2D eigenvalue weighted by Gasteiger charge is 2.44. The second-order valence-corrected chi connectivity index (χ2v) is 26.0. The lowest BCUT2D eigenvalue weighted by atomic mass is 9.99. The summed E-state index contributed by atoms with van der Waals surface area (Å²) in [4.78, 5) is 25.1. The van der Waals surface area contributed by atoms with Crippen molar-refractivity contribution in [2.24, 2.45) is 0 Å². The van der Waals surface area contributed by atoms with Crippen molar-refractivity contribution in [1.29, 1.82) is 0 Å². The average Bonchev–Trinajstić information content (AvgIpc) is 3.51. The third-order valence-electron chi connectivity index (χ3n) is 17.8. The van der Waals surface area contributed by atoms with Crippen molar-refractivity contribution in [3.05, 3.63) is 24.3 Å². The van der Waals surface area contributed by atoms with Crippen LogP contribution in [0, 0.1) is 0 Å². The minimum Gasteiger partial charge on any atom is -0.466 e. The second kappa shape index (κ2) is 63.7. The van der Waals surface area contributed by atoms with Gasteiger partial charge in [0, 0.05) is 12.8 Å². The molecule has 0 aliphatic carbocycles. The number of carbonyl (C=O) groups excluding carboxylic acids is 2. The number of aliphatic hydroxyl groups excluding tert-OH is 5. The van der Waals surface area contributed by atoms with Gasteiger partial charge in [0.15, 0.2) is 6.29 Å². The molecule has 7 atom stereocenters. The maximum atomic E-state index is 13.1. The minimum absolute atomic E-state index is 0.0137. The monoisotopic (exact) mass is 1200 g/mol. The summed E-state index contributed by atoms with van der Waals surface area (Å²) < 4.78 is 16.7. The number of allylic oxidation sites excluding steroid dienone is 3. The number of unbranched alkanes of at least 4 members (excludes halogenated alkanes) is 50. The highest BCUT2D eigenvalue weighted by atomic mass is 16.7. The van der Waals surface area contributed by atoms with Gasteiger partial charge >= 0.3 is 5.97 Å². The number of hydrogen-bond donors (Lipinski definition) is 6. The minimum atomic E-state index is -1.57. The van der Waals surface area contributed by atoms with Crippen molar-refractivity contribution >= 4 is 11.9 Å². The molecule has 7 unspecified atom stereocenters. The molecular weight excluding hydrogens is 1060 g/mol. The van der Waals surface area contributed by atoms with E-state index in [0.29, 0.717) is 19.4 Å². The quantitative estimate of drug-likeness (QED) is 0.0195. The first-order chi connectivity index (χ1) is 41.7. The van der Waals surface area contributed by atoms with E-state index in [4.69, 9.17) is 14.2 Å². The lowest BCUT2D eigenvalue weighted by Crippen LogP contribution is -2.60. The number of hydrogen-bond acceptors (Lipinski definition) is 10. The number of nitrogens with one attached hydrogen (secondary N) is 1. The second-order valence-electron chi connectivity index (χ2n) is 26.0. The van der Waals surface area contributed by atoms with Crippen LogP contribution in [0.25, 0.3) is 0 Å². The summed E-state index contributed by atoms with van der Waals surface area (Å²) >= 11 is 0. The predicted molar refractivity (Wildman–Crippen MR) is 357 cm³/mol. The number of amides is 1. The molecule has 1 amide bonds. The summed E-state index contributed by atoms with van der Waals surface area (Å²) in [5.74, 6) is -0.171. The zero-order valence-electron chi connectivity index (χ0n) is 55.8. The van der Waals surface area contributed by atoms with E-state index in [9.17, 15) is 35.1 Å². The molecular formula is C74H141NO10. The third-order valence-corrected chi connectivity index (χ3v) is 17.8. The zero-order chi connectivity index (χ0) is 61.6. The van der Waals surface area contributed by atoms with E-state index in [-0.39, 0.29) is 18.5 Å². The van der Waals surface area contributed by atoms with Crippen LogP contribution in [0.4, 0.5) is 0 Å². The molecule has 0 aromatic rings. The molecule has 11 heteroatoms. The van der Waals surface area contributed by atoms with Gasteiger partial charge in [-0.3, -0.25) is 9.59 Å². The molecule has 0 bridgehead atoms. The van der Waals surface area contributed by atoms with Gasteiger partial charge in [0.1, 0.15) is 24.4 Å². The molecule has 0 aromatic carbocycles. The highest BCUT2D eigenvalue weighted by Crippen LogP contribution is 2.24. The molecule has 6 N–H and O–H groups in total. The Morgan fingerprint density at radius 1 is 0.424 bits per heavy atom. The van der Waals surface area contributed by atoms with Crippen LogP contribution in [0.5, 0.6) is 0 Å². The van der Waals surface area contributed by atoms with Crippen molar-refractivity contribution in [3.8, 4) is 0 Å². The van der Waals surface area contributed by atoms with E-state index in [0.717, 1.165) is 51.4 Å². The first kappa shape index (κ1) is 81.2. The molecule has 1 rings (SSSR count). The van der Waals surface area contributed by atoms with E-state index >= 15 is 0 Å². The lowest BCUT2D eigenvalue weighted by molar-refractivity contribution is -0.302. The Morgan fingerprint density at radius 3 is 1.16 bits per heavy atom. The topological polar surface area (TPSA) is 175 Å². The molecule has 85 heavy (non-hydrogen) atoms. The Labute approximate surface area is 524 Å². The normalized spacial score (nSPS) is 18.0. The van der Waals surface area contributed by atoms with Crippen molar-refractivity contribution in [1.82, 2.24) is 5.32 Å². The molecule has 0 spiro atoms. The maximum Gasteiger partial charge on any atom is 0.305 e. The van der Waals surface area contributed by atoms with Crippen LogP contribution in [-0.2, 0) is 23.8 Å². The molecule has 502 valence electrons. The molecule has 1 fully saturated rings. The number of esters is 1. The average molecular weight is 1200 g/mol. The predicted octanol–water partition coefficient (Wildman–Crippen LogP) is 19.2. The molecule has 1 aliphatic heterocycles. The van der Waals surface area contributed by atoms with Gasteiger partial charge < -0.3 is 45.1 Å². The zero-order valence-corrected chi connectivity index (χ0v) is 55.8. The molecule has 1 heterocycles. The van der Waals surface area contributed by atoms with Gasteiger partial charge in [-0.2, -0.15) is 0 Å². The van der Waals surface area contributed by atoms with Crippen LogP contribution in [0.3, 0.4) is 0 Å². The summed E-state index contributed by atoms with van der Waals surface area (Å²) in [7, 11) is 0. The standard InChI is InChI=1S/C74H141NO10/c1-3-5-7-9-11-13-15-16-37-41-44-48-52-56-60-67(77)66(65-84-74-73(82)72(81)71(80)68(64-76)85-74)75-69(78)61-57-53-49-45-42-38-35-33-31-29-27-25-23-21-19-17-18-20-22-24-26-28-30-32-34-36-39-43-47-51-55-59-63-83-70(79)62-58-54-50-46-40-14-12-10-8-6-4-2/h41,44,56,60,66-68,71-74,76-77,80-82H,3-40,42-43,45-55,57-59,61-65H2,1-2H3,(H,75,78)/b44-41+,60-56+. The van der Waals surface area contributed by atoms with Crippen LogP contribution in [0.2, 0.25) is 0 Å². The van der Waals surface area contributed by atoms with Gasteiger partial charge in [0.25, 0.3) is 0 Å². The van der Waals surface area contributed by atoms with E-state index in [1.165, 1.54) is 295 Å². The molecule has 1 aliphatic rings. The van der Waals surface area contributed by atoms with Gasteiger partial charge in [-0.1, -0.05) is 340 Å². The Morgan fingerprint density at radius 2 is 0.765 bits per heavy atom. The third kappa shape index (κ3) is 52.6. The largest absolute Gasteiger partial charge is 0.466 e. The first-order valence-electron chi connectivity index (χ1n) is 37.1.